The molecule has 0 N–H and O–H groups in total. The van der Waals surface area contributed by atoms with E-state index in [1.54, 1.807) is 6.07 Å². The van der Waals surface area contributed by atoms with Crippen molar-refractivity contribution in [3.8, 4) is 5.75 Å². The van der Waals surface area contributed by atoms with Crippen molar-refractivity contribution in [3.05, 3.63) is 53.6 Å². The summed E-state index contributed by atoms with van der Waals surface area (Å²) in [7, 11) is 0. The van der Waals surface area contributed by atoms with E-state index in [0.29, 0.717) is 29.2 Å². The lowest BCUT2D eigenvalue weighted by Gasteiger charge is -2.42. The lowest BCUT2D eigenvalue weighted by molar-refractivity contribution is 0.113. The molecule has 2 aliphatic carbocycles. The van der Waals surface area contributed by atoms with E-state index in [0.717, 1.165) is 24.7 Å². The van der Waals surface area contributed by atoms with Crippen molar-refractivity contribution in [1.29, 1.82) is 0 Å². The van der Waals surface area contributed by atoms with Crippen LogP contribution in [0.3, 0.4) is 0 Å². The fraction of sp³-hybridized carbons (Fsp3) is 0.556. The molecule has 2 aromatic carbocycles. The van der Waals surface area contributed by atoms with Crippen LogP contribution in [0.4, 0.5) is 8.78 Å². The first kappa shape index (κ1) is 21.3. The minimum atomic E-state index is -0.531. The van der Waals surface area contributed by atoms with Crippen LogP contribution in [0, 0.1) is 29.4 Å². The van der Waals surface area contributed by atoms with Gasteiger partial charge in [-0.1, -0.05) is 50.5 Å². The van der Waals surface area contributed by atoms with Crippen molar-refractivity contribution < 1.29 is 13.5 Å². The van der Waals surface area contributed by atoms with E-state index in [1.807, 2.05) is 31.2 Å². The topological polar surface area (TPSA) is 9.23 Å². The number of allylic oxidation sites excluding steroid dienone is 1. The monoisotopic (exact) mass is 412 g/mol. The molecule has 0 amide bonds. The van der Waals surface area contributed by atoms with Crippen LogP contribution < -0.4 is 4.74 Å². The molecule has 4 rings (SSSR count). The van der Waals surface area contributed by atoms with Crippen LogP contribution in [0.25, 0.3) is 10.8 Å². The van der Waals surface area contributed by atoms with E-state index >= 15 is 4.39 Å². The first-order valence-corrected chi connectivity index (χ1v) is 11.8. The van der Waals surface area contributed by atoms with Crippen LogP contribution in [0.15, 0.2) is 36.4 Å². The van der Waals surface area contributed by atoms with Crippen LogP contribution in [0.2, 0.25) is 0 Å². The molecule has 0 spiro atoms. The maximum Gasteiger partial charge on any atom is 0.137 e. The second kappa shape index (κ2) is 9.49. The number of ether oxygens (including phenoxy) is 1. The van der Waals surface area contributed by atoms with E-state index in [4.69, 9.17) is 4.74 Å². The third-order valence-corrected chi connectivity index (χ3v) is 7.45. The molecule has 0 heterocycles. The zero-order valence-corrected chi connectivity index (χ0v) is 18.3. The van der Waals surface area contributed by atoms with E-state index in [2.05, 4.69) is 6.92 Å². The third kappa shape index (κ3) is 4.40. The maximum atomic E-state index is 15.4. The summed E-state index contributed by atoms with van der Waals surface area (Å²) >= 11 is 0. The lowest BCUT2D eigenvalue weighted by Crippen LogP contribution is -2.30. The van der Waals surface area contributed by atoms with Gasteiger partial charge in [0.2, 0.25) is 0 Å². The molecule has 4 atom stereocenters. The Morgan fingerprint density at radius 3 is 2.63 bits per heavy atom. The van der Waals surface area contributed by atoms with Gasteiger partial charge in [0.1, 0.15) is 24.0 Å². The van der Waals surface area contributed by atoms with Crippen LogP contribution in [-0.4, -0.2) is 6.61 Å². The summed E-state index contributed by atoms with van der Waals surface area (Å²) in [6, 6.07) is 6.80. The zero-order valence-electron chi connectivity index (χ0n) is 18.3. The van der Waals surface area contributed by atoms with Crippen LogP contribution in [0.5, 0.6) is 5.75 Å². The van der Waals surface area contributed by atoms with Gasteiger partial charge in [0.25, 0.3) is 0 Å². The molecule has 0 aliphatic heterocycles. The first-order valence-electron chi connectivity index (χ1n) is 11.8. The number of rotatable bonds is 6. The van der Waals surface area contributed by atoms with Crippen molar-refractivity contribution in [2.24, 2.45) is 17.8 Å². The van der Waals surface area contributed by atoms with Gasteiger partial charge in [-0.15, -0.1) is 0 Å². The van der Waals surface area contributed by atoms with Gasteiger partial charge < -0.3 is 4.74 Å². The highest BCUT2D eigenvalue weighted by Crippen LogP contribution is 2.49. The van der Waals surface area contributed by atoms with Crippen molar-refractivity contribution >= 4 is 10.8 Å². The van der Waals surface area contributed by atoms with Gasteiger partial charge in [-0.2, -0.15) is 0 Å². The summed E-state index contributed by atoms with van der Waals surface area (Å²) in [4.78, 5) is 0. The van der Waals surface area contributed by atoms with Crippen LogP contribution in [0.1, 0.15) is 76.7 Å². The van der Waals surface area contributed by atoms with E-state index < -0.39 is 5.82 Å². The molecule has 2 aliphatic rings. The molecule has 162 valence electrons. The fourth-order valence-corrected chi connectivity index (χ4v) is 5.94. The number of halogens is 2. The smallest absolute Gasteiger partial charge is 0.137 e. The zero-order chi connectivity index (χ0) is 21.1. The maximum absolute atomic E-state index is 15.4. The predicted octanol–water partition coefficient (Wildman–Crippen LogP) is 8.17. The molecule has 0 aromatic heterocycles. The Morgan fingerprint density at radius 2 is 1.83 bits per heavy atom. The highest BCUT2D eigenvalue weighted by atomic mass is 19.1. The Bertz CT molecular complexity index is 903. The molecule has 3 heteroatoms. The van der Waals surface area contributed by atoms with Crippen molar-refractivity contribution in [1.82, 2.24) is 0 Å². The fourth-order valence-electron chi connectivity index (χ4n) is 5.94. The molecule has 2 aromatic rings. The van der Waals surface area contributed by atoms with E-state index in [-0.39, 0.29) is 17.1 Å². The lowest BCUT2D eigenvalue weighted by atomic mass is 9.63. The van der Waals surface area contributed by atoms with Gasteiger partial charge in [-0.3, -0.25) is 0 Å². The standard InChI is InChI=1S/C27H34F2O/c1-3-5-13-30-23-16-22-11-12-24(27(29)26(22)25(28)17-23)21-10-9-19-14-18(6-4-2)7-8-20(19)15-21/h3,5,11-12,16-21H,4,6-10,13-15H2,1-2H3/b5-3+. The van der Waals surface area contributed by atoms with E-state index in [9.17, 15) is 4.39 Å². The highest BCUT2D eigenvalue weighted by molar-refractivity contribution is 5.86. The van der Waals surface area contributed by atoms with Gasteiger partial charge in [-0.05, 0) is 79.7 Å². The number of fused-ring (bicyclic) bond motifs is 2. The Kier molecular flexibility index (Phi) is 6.75. The first-order chi connectivity index (χ1) is 14.6. The largest absolute Gasteiger partial charge is 0.489 e. The summed E-state index contributed by atoms with van der Waals surface area (Å²) in [5, 5.41) is 0.681. The molecular weight excluding hydrogens is 378 g/mol. The second-order valence-corrected chi connectivity index (χ2v) is 9.35. The van der Waals surface area contributed by atoms with Gasteiger partial charge in [0.05, 0.1) is 5.39 Å². The summed E-state index contributed by atoms with van der Waals surface area (Å²) in [5.74, 6) is 2.16. The van der Waals surface area contributed by atoms with Crippen molar-refractivity contribution in [2.75, 3.05) is 6.61 Å². The summed E-state index contributed by atoms with van der Waals surface area (Å²) in [6.07, 6.45) is 13.6. The minimum absolute atomic E-state index is 0.111. The molecule has 2 fully saturated rings. The minimum Gasteiger partial charge on any atom is -0.489 e. The van der Waals surface area contributed by atoms with Crippen LogP contribution in [-0.2, 0) is 0 Å². The summed E-state index contributed by atoms with van der Waals surface area (Å²) in [5.41, 5.74) is 0.707. The molecule has 1 nitrogen and oxygen atoms in total. The average molecular weight is 413 g/mol. The molecule has 30 heavy (non-hydrogen) atoms. The number of hydrogen-bond acceptors (Lipinski definition) is 1. The molecule has 4 unspecified atom stereocenters. The Labute approximate surface area is 179 Å². The highest BCUT2D eigenvalue weighted by Gasteiger charge is 2.36. The Hall–Kier alpha value is -1.90. The van der Waals surface area contributed by atoms with Crippen LogP contribution >= 0.6 is 0 Å². The number of hydrogen-bond donors (Lipinski definition) is 0. The summed E-state index contributed by atoms with van der Waals surface area (Å²) < 4.78 is 35.8. The Balaban J connectivity index is 1.53. The second-order valence-electron chi connectivity index (χ2n) is 9.35. The quantitative estimate of drug-likeness (QED) is 0.435. The third-order valence-electron chi connectivity index (χ3n) is 7.45. The number of benzene rings is 2. The molecule has 0 saturated heterocycles. The molecule has 0 radical (unpaired) electrons. The molecule has 2 saturated carbocycles. The SMILES string of the molecule is C/C=C/COc1cc(F)c2c(F)c(C3CCC4CC(CCC)CCC4C3)ccc2c1. The molecule has 0 bridgehead atoms. The summed E-state index contributed by atoms with van der Waals surface area (Å²) in [6.45, 7) is 4.57. The van der Waals surface area contributed by atoms with Gasteiger partial charge in [0.15, 0.2) is 0 Å². The van der Waals surface area contributed by atoms with E-state index in [1.165, 1.54) is 44.6 Å². The van der Waals surface area contributed by atoms with Gasteiger partial charge in [-0.25, -0.2) is 8.78 Å². The van der Waals surface area contributed by atoms with Gasteiger partial charge >= 0.3 is 0 Å². The van der Waals surface area contributed by atoms with Gasteiger partial charge in [0, 0.05) is 6.07 Å². The van der Waals surface area contributed by atoms with Crippen molar-refractivity contribution in [2.45, 2.75) is 71.1 Å². The predicted molar refractivity (Wildman–Crippen MR) is 120 cm³/mol. The Morgan fingerprint density at radius 1 is 1.03 bits per heavy atom. The van der Waals surface area contributed by atoms with Crippen molar-refractivity contribution in [3.63, 3.8) is 0 Å². The normalized spacial score (nSPS) is 26.8. The molecular formula is C27H34F2O. The average Bonchev–Trinajstić information content (AvgIpc) is 2.74.